The van der Waals surface area contributed by atoms with Crippen molar-refractivity contribution in [3.05, 3.63) is 5.89 Å². The van der Waals surface area contributed by atoms with Gasteiger partial charge in [-0.2, -0.15) is 0 Å². The van der Waals surface area contributed by atoms with Crippen LogP contribution in [0, 0.1) is 0 Å². The highest BCUT2D eigenvalue weighted by Gasteiger charge is 2.07. The molecule has 1 heterocycles. The molecule has 6 nitrogen and oxygen atoms in total. The number of rotatable bonds is 9. The van der Waals surface area contributed by atoms with Crippen LogP contribution in [0.5, 0.6) is 0 Å². The summed E-state index contributed by atoms with van der Waals surface area (Å²) >= 11 is 0. The Morgan fingerprint density at radius 1 is 1.41 bits per heavy atom. The molecule has 0 bridgehead atoms. The predicted octanol–water partition coefficient (Wildman–Crippen LogP) is 1.41. The summed E-state index contributed by atoms with van der Waals surface area (Å²) in [6, 6.07) is 0.851. The normalized spacial score (nSPS) is 12.6. The molecule has 0 aliphatic rings. The lowest BCUT2D eigenvalue weighted by Gasteiger charge is -2.09. The summed E-state index contributed by atoms with van der Waals surface area (Å²) < 4.78 is 10.4. The van der Waals surface area contributed by atoms with Crippen LogP contribution < -0.4 is 10.6 Å². The van der Waals surface area contributed by atoms with Crippen LogP contribution in [0.1, 0.15) is 32.6 Å². The SMILES string of the molecule is CCCC(C)Nc1nnc(CNCCOC)o1. The van der Waals surface area contributed by atoms with Gasteiger partial charge in [0, 0.05) is 19.7 Å². The molecule has 0 amide bonds. The summed E-state index contributed by atoms with van der Waals surface area (Å²) in [5.41, 5.74) is 0. The summed E-state index contributed by atoms with van der Waals surface area (Å²) in [7, 11) is 1.67. The van der Waals surface area contributed by atoms with Crippen molar-refractivity contribution in [1.29, 1.82) is 0 Å². The number of methoxy groups -OCH3 is 1. The zero-order valence-corrected chi connectivity index (χ0v) is 10.8. The van der Waals surface area contributed by atoms with E-state index < -0.39 is 0 Å². The van der Waals surface area contributed by atoms with E-state index in [-0.39, 0.29) is 0 Å². The Bertz CT molecular complexity index is 303. The molecule has 0 radical (unpaired) electrons. The van der Waals surface area contributed by atoms with Gasteiger partial charge in [0.25, 0.3) is 0 Å². The van der Waals surface area contributed by atoms with Crippen LogP contribution in [0.25, 0.3) is 0 Å². The van der Waals surface area contributed by atoms with Crippen molar-refractivity contribution in [3.8, 4) is 0 Å². The van der Waals surface area contributed by atoms with Crippen LogP contribution in [0.15, 0.2) is 4.42 Å². The zero-order valence-electron chi connectivity index (χ0n) is 10.8. The summed E-state index contributed by atoms with van der Waals surface area (Å²) in [5.74, 6) is 0.590. The minimum Gasteiger partial charge on any atom is -0.407 e. The van der Waals surface area contributed by atoms with E-state index in [2.05, 4.69) is 34.7 Å². The molecule has 6 heteroatoms. The molecule has 0 fully saturated rings. The van der Waals surface area contributed by atoms with Gasteiger partial charge < -0.3 is 19.8 Å². The molecule has 0 saturated heterocycles. The van der Waals surface area contributed by atoms with Gasteiger partial charge in [0.05, 0.1) is 13.2 Å². The first-order valence-corrected chi connectivity index (χ1v) is 6.04. The van der Waals surface area contributed by atoms with Gasteiger partial charge in [-0.1, -0.05) is 18.4 Å². The Labute approximate surface area is 102 Å². The Kier molecular flexibility index (Phi) is 6.57. The Morgan fingerprint density at radius 3 is 2.94 bits per heavy atom. The lowest BCUT2D eigenvalue weighted by atomic mass is 10.2. The van der Waals surface area contributed by atoms with Crippen molar-refractivity contribution in [2.24, 2.45) is 0 Å². The van der Waals surface area contributed by atoms with Gasteiger partial charge in [0.15, 0.2) is 0 Å². The van der Waals surface area contributed by atoms with E-state index in [4.69, 9.17) is 9.15 Å². The van der Waals surface area contributed by atoms with E-state index in [9.17, 15) is 0 Å². The summed E-state index contributed by atoms with van der Waals surface area (Å²) in [6.45, 7) is 6.27. The molecule has 1 aromatic rings. The zero-order chi connectivity index (χ0) is 12.5. The molecule has 0 spiro atoms. The molecule has 0 aliphatic carbocycles. The fraction of sp³-hybridized carbons (Fsp3) is 0.818. The van der Waals surface area contributed by atoms with Crippen LogP contribution >= 0.6 is 0 Å². The minimum absolute atomic E-state index is 0.356. The van der Waals surface area contributed by atoms with Gasteiger partial charge in [-0.3, -0.25) is 0 Å². The first kappa shape index (κ1) is 13.9. The first-order valence-electron chi connectivity index (χ1n) is 6.04. The van der Waals surface area contributed by atoms with Gasteiger partial charge in [0.1, 0.15) is 0 Å². The lowest BCUT2D eigenvalue weighted by Crippen LogP contribution is -2.18. The maximum absolute atomic E-state index is 5.44. The first-order chi connectivity index (χ1) is 8.26. The monoisotopic (exact) mass is 242 g/mol. The number of nitrogens with zero attached hydrogens (tertiary/aromatic N) is 2. The molecule has 0 saturated carbocycles. The Morgan fingerprint density at radius 2 is 2.24 bits per heavy atom. The van der Waals surface area contributed by atoms with Crippen LogP contribution in [-0.4, -0.2) is 36.5 Å². The van der Waals surface area contributed by atoms with Crippen LogP contribution in [0.2, 0.25) is 0 Å². The molecule has 98 valence electrons. The van der Waals surface area contributed by atoms with Gasteiger partial charge in [-0.25, -0.2) is 0 Å². The molecular formula is C11H22N4O2. The standard InChI is InChI=1S/C11H22N4O2/c1-4-5-9(2)13-11-15-14-10(17-11)8-12-6-7-16-3/h9,12H,4-8H2,1-3H3,(H,13,15). The number of aromatic nitrogens is 2. The van der Waals surface area contributed by atoms with E-state index in [1.807, 2.05) is 0 Å². The molecule has 1 unspecified atom stereocenters. The number of nitrogens with one attached hydrogen (secondary N) is 2. The third-order valence-electron chi connectivity index (χ3n) is 2.32. The van der Waals surface area contributed by atoms with Crippen molar-refractivity contribution in [3.63, 3.8) is 0 Å². The maximum Gasteiger partial charge on any atom is 0.315 e. The van der Waals surface area contributed by atoms with Crippen molar-refractivity contribution < 1.29 is 9.15 Å². The average molecular weight is 242 g/mol. The Balaban J connectivity index is 2.27. The summed E-state index contributed by atoms with van der Waals surface area (Å²) in [4.78, 5) is 0. The van der Waals surface area contributed by atoms with Gasteiger partial charge in [-0.15, -0.1) is 5.10 Å². The van der Waals surface area contributed by atoms with E-state index in [1.54, 1.807) is 7.11 Å². The van der Waals surface area contributed by atoms with Crippen LogP contribution in [0.4, 0.5) is 6.01 Å². The van der Waals surface area contributed by atoms with E-state index >= 15 is 0 Å². The van der Waals surface area contributed by atoms with Crippen molar-refractivity contribution >= 4 is 6.01 Å². The third kappa shape index (κ3) is 5.65. The van der Waals surface area contributed by atoms with Crippen molar-refractivity contribution in [2.75, 3.05) is 25.6 Å². The second kappa shape index (κ2) is 8.03. The van der Waals surface area contributed by atoms with Crippen LogP contribution in [0.3, 0.4) is 0 Å². The minimum atomic E-state index is 0.356. The topological polar surface area (TPSA) is 72.2 Å². The van der Waals surface area contributed by atoms with Gasteiger partial charge in [0.2, 0.25) is 5.89 Å². The Hall–Kier alpha value is -1.14. The fourth-order valence-electron chi connectivity index (χ4n) is 1.47. The van der Waals surface area contributed by atoms with E-state index in [0.29, 0.717) is 31.1 Å². The molecule has 0 aliphatic heterocycles. The predicted molar refractivity (Wildman–Crippen MR) is 65.9 cm³/mol. The summed E-state index contributed by atoms with van der Waals surface area (Å²) in [5, 5.41) is 14.2. The van der Waals surface area contributed by atoms with Crippen molar-refractivity contribution in [2.45, 2.75) is 39.3 Å². The molecular weight excluding hydrogens is 220 g/mol. The molecule has 1 atom stereocenters. The second-order valence-corrected chi connectivity index (χ2v) is 4.00. The largest absolute Gasteiger partial charge is 0.407 e. The number of anilines is 1. The van der Waals surface area contributed by atoms with Gasteiger partial charge >= 0.3 is 6.01 Å². The highest BCUT2D eigenvalue weighted by Crippen LogP contribution is 2.08. The fourth-order valence-corrected chi connectivity index (χ4v) is 1.47. The molecule has 1 aromatic heterocycles. The smallest absolute Gasteiger partial charge is 0.315 e. The van der Waals surface area contributed by atoms with Gasteiger partial charge in [-0.05, 0) is 13.3 Å². The summed E-state index contributed by atoms with van der Waals surface area (Å²) in [6.07, 6.45) is 2.22. The number of hydrogen-bond acceptors (Lipinski definition) is 6. The quantitative estimate of drug-likeness (QED) is 0.638. The van der Waals surface area contributed by atoms with E-state index in [0.717, 1.165) is 19.4 Å². The number of hydrogen-bond donors (Lipinski definition) is 2. The molecule has 1 rings (SSSR count). The van der Waals surface area contributed by atoms with Crippen LogP contribution in [-0.2, 0) is 11.3 Å². The second-order valence-electron chi connectivity index (χ2n) is 4.00. The molecule has 17 heavy (non-hydrogen) atoms. The average Bonchev–Trinajstić information content (AvgIpc) is 2.72. The van der Waals surface area contributed by atoms with Crippen molar-refractivity contribution in [1.82, 2.24) is 15.5 Å². The number of ether oxygens (including phenoxy) is 1. The third-order valence-corrected chi connectivity index (χ3v) is 2.32. The highest BCUT2D eigenvalue weighted by atomic mass is 16.5. The van der Waals surface area contributed by atoms with E-state index in [1.165, 1.54) is 0 Å². The highest BCUT2D eigenvalue weighted by molar-refractivity contribution is 5.18. The molecule has 2 N–H and O–H groups in total. The maximum atomic E-state index is 5.44. The lowest BCUT2D eigenvalue weighted by molar-refractivity contribution is 0.198. The molecule has 0 aromatic carbocycles.